The van der Waals surface area contributed by atoms with Gasteiger partial charge in [0, 0.05) is 36.8 Å². The summed E-state index contributed by atoms with van der Waals surface area (Å²) in [7, 11) is 1.54. The number of rotatable bonds is 8. The average Bonchev–Trinajstić information content (AvgIpc) is 2.79. The number of ether oxygens (including phenoxy) is 2. The number of piperidine rings is 1. The monoisotopic (exact) mass is 439 g/mol. The van der Waals surface area contributed by atoms with Crippen LogP contribution in [0.15, 0.2) is 48.5 Å². The molecule has 1 heterocycles. The molecule has 0 aromatic heterocycles. The predicted molar refractivity (Wildman–Crippen MR) is 121 cm³/mol. The lowest BCUT2D eigenvalue weighted by Gasteiger charge is -2.32. The van der Waals surface area contributed by atoms with Crippen LogP contribution in [0.5, 0.6) is 11.5 Å². The van der Waals surface area contributed by atoms with Gasteiger partial charge in [-0.2, -0.15) is 5.26 Å². The molecule has 31 heavy (non-hydrogen) atoms. The highest BCUT2D eigenvalue weighted by Crippen LogP contribution is 2.28. The Morgan fingerprint density at radius 2 is 1.97 bits per heavy atom. The van der Waals surface area contributed by atoms with E-state index in [1.807, 2.05) is 24.3 Å². The molecule has 1 aliphatic rings. The van der Waals surface area contributed by atoms with E-state index in [0.29, 0.717) is 11.5 Å². The van der Waals surface area contributed by atoms with Gasteiger partial charge in [0.15, 0.2) is 18.1 Å². The first-order chi connectivity index (χ1) is 15.1. The molecule has 0 saturated carbocycles. The first-order valence-electron chi connectivity index (χ1n) is 10.2. The van der Waals surface area contributed by atoms with Crippen molar-refractivity contribution in [2.24, 2.45) is 0 Å². The normalized spacial score (nSPS) is 14.9. The van der Waals surface area contributed by atoms with Gasteiger partial charge >= 0.3 is 0 Å². The van der Waals surface area contributed by atoms with E-state index in [0.717, 1.165) is 43.1 Å². The Balaban J connectivity index is 1.46. The van der Waals surface area contributed by atoms with Crippen LogP contribution in [0.2, 0.25) is 5.02 Å². The smallest absolute Gasteiger partial charge is 0.244 e. The number of halogens is 1. The van der Waals surface area contributed by atoms with Crippen molar-refractivity contribution in [3.8, 4) is 17.6 Å². The van der Waals surface area contributed by atoms with Crippen molar-refractivity contribution < 1.29 is 14.3 Å². The number of nitrogens with zero attached hydrogens (tertiary/aromatic N) is 2. The van der Waals surface area contributed by atoms with Crippen LogP contribution in [0.4, 0.5) is 0 Å². The number of likely N-dealkylation sites (tertiary alicyclic amines) is 1. The lowest BCUT2D eigenvalue weighted by molar-refractivity contribution is -0.117. The molecule has 1 amide bonds. The van der Waals surface area contributed by atoms with E-state index in [-0.39, 0.29) is 18.6 Å². The maximum absolute atomic E-state index is 12.3. The summed E-state index contributed by atoms with van der Waals surface area (Å²) in [6.45, 7) is 2.73. The van der Waals surface area contributed by atoms with Crippen LogP contribution in [0, 0.1) is 11.3 Å². The minimum Gasteiger partial charge on any atom is -0.493 e. The molecule has 1 saturated heterocycles. The van der Waals surface area contributed by atoms with Crippen LogP contribution in [-0.2, 0) is 11.3 Å². The Kier molecular flexibility index (Phi) is 8.34. The first-order valence-corrected chi connectivity index (χ1v) is 10.6. The number of hydrogen-bond acceptors (Lipinski definition) is 5. The standard InChI is InChI=1S/C24H26ClN3O3/c1-30-23-16-18(4-8-22(23)31-15-12-26)5-9-24(29)27-21-10-13-28(14-11-21)17-19-2-6-20(25)7-3-19/h2-9,16,21H,10-11,13-15,17H2,1H3,(H,27,29)/b9-5+. The molecular formula is C24H26ClN3O3. The quantitative estimate of drug-likeness (QED) is 0.628. The van der Waals surface area contributed by atoms with E-state index in [4.69, 9.17) is 26.3 Å². The van der Waals surface area contributed by atoms with E-state index < -0.39 is 0 Å². The second kappa shape index (κ2) is 11.4. The molecule has 162 valence electrons. The zero-order valence-electron chi connectivity index (χ0n) is 17.5. The zero-order valence-corrected chi connectivity index (χ0v) is 18.3. The van der Waals surface area contributed by atoms with Gasteiger partial charge in [0.1, 0.15) is 6.07 Å². The van der Waals surface area contributed by atoms with Crippen molar-refractivity contribution in [1.29, 1.82) is 5.26 Å². The van der Waals surface area contributed by atoms with E-state index in [1.165, 1.54) is 18.7 Å². The van der Waals surface area contributed by atoms with Gasteiger partial charge in [-0.1, -0.05) is 29.8 Å². The SMILES string of the molecule is COc1cc(/C=C/C(=O)NC2CCN(Cc3ccc(Cl)cc3)CC2)ccc1OCC#N. The Morgan fingerprint density at radius 1 is 1.23 bits per heavy atom. The fraction of sp³-hybridized carbons (Fsp3) is 0.333. The molecule has 0 bridgehead atoms. The molecule has 3 rings (SSSR count). The largest absolute Gasteiger partial charge is 0.493 e. The third kappa shape index (κ3) is 7.02. The van der Waals surface area contributed by atoms with Crippen LogP contribution in [0.25, 0.3) is 6.08 Å². The predicted octanol–water partition coefficient (Wildman–Crippen LogP) is 4.04. The van der Waals surface area contributed by atoms with Gasteiger partial charge in [-0.25, -0.2) is 0 Å². The van der Waals surface area contributed by atoms with Gasteiger partial charge < -0.3 is 14.8 Å². The maximum atomic E-state index is 12.3. The molecule has 0 atom stereocenters. The minimum atomic E-state index is -0.111. The molecule has 0 unspecified atom stereocenters. The van der Waals surface area contributed by atoms with Crippen LogP contribution >= 0.6 is 11.6 Å². The van der Waals surface area contributed by atoms with Crippen LogP contribution < -0.4 is 14.8 Å². The average molecular weight is 440 g/mol. The van der Waals surface area contributed by atoms with Gasteiger partial charge in [0.2, 0.25) is 5.91 Å². The van der Waals surface area contributed by atoms with Gasteiger partial charge in [-0.3, -0.25) is 9.69 Å². The number of nitriles is 1. The highest BCUT2D eigenvalue weighted by molar-refractivity contribution is 6.30. The van der Waals surface area contributed by atoms with E-state index >= 15 is 0 Å². The number of carbonyl (C=O) groups is 1. The van der Waals surface area contributed by atoms with Crippen LogP contribution in [-0.4, -0.2) is 43.7 Å². The van der Waals surface area contributed by atoms with Crippen molar-refractivity contribution in [3.05, 3.63) is 64.7 Å². The highest BCUT2D eigenvalue weighted by atomic mass is 35.5. The number of nitrogens with one attached hydrogen (secondary N) is 1. The molecule has 7 heteroatoms. The van der Waals surface area contributed by atoms with Gasteiger partial charge in [-0.05, 0) is 54.3 Å². The summed E-state index contributed by atoms with van der Waals surface area (Å²) in [6.07, 6.45) is 5.12. The summed E-state index contributed by atoms with van der Waals surface area (Å²) in [5.74, 6) is 0.904. The topological polar surface area (TPSA) is 74.6 Å². The summed E-state index contributed by atoms with van der Waals surface area (Å²) in [4.78, 5) is 14.7. The maximum Gasteiger partial charge on any atom is 0.244 e. The summed E-state index contributed by atoms with van der Waals surface area (Å²) in [5.41, 5.74) is 2.06. The minimum absolute atomic E-state index is 0.0491. The fourth-order valence-corrected chi connectivity index (χ4v) is 3.65. The van der Waals surface area contributed by atoms with Crippen LogP contribution in [0.3, 0.4) is 0 Å². The van der Waals surface area contributed by atoms with E-state index in [9.17, 15) is 4.79 Å². The van der Waals surface area contributed by atoms with Crippen molar-refractivity contribution in [1.82, 2.24) is 10.2 Å². The lowest BCUT2D eigenvalue weighted by atomic mass is 10.0. The van der Waals surface area contributed by atoms with Gasteiger partial charge in [0.25, 0.3) is 0 Å². The Labute approximate surface area is 188 Å². The molecule has 0 radical (unpaired) electrons. The number of amides is 1. The summed E-state index contributed by atoms with van der Waals surface area (Å²) < 4.78 is 10.6. The molecule has 1 N–H and O–H groups in total. The molecule has 1 aliphatic heterocycles. The number of methoxy groups -OCH3 is 1. The molecule has 6 nitrogen and oxygen atoms in total. The Hall–Kier alpha value is -3.01. The molecule has 0 spiro atoms. The van der Waals surface area contributed by atoms with Crippen molar-refractivity contribution >= 4 is 23.6 Å². The summed E-state index contributed by atoms with van der Waals surface area (Å²) in [5, 5.41) is 12.5. The number of carbonyl (C=O) groups excluding carboxylic acids is 1. The molecule has 2 aromatic rings. The molecule has 1 fully saturated rings. The molecule has 2 aromatic carbocycles. The van der Waals surface area contributed by atoms with Crippen molar-refractivity contribution in [3.63, 3.8) is 0 Å². The van der Waals surface area contributed by atoms with Crippen molar-refractivity contribution in [2.75, 3.05) is 26.8 Å². The van der Waals surface area contributed by atoms with Gasteiger partial charge in [-0.15, -0.1) is 0 Å². The molecule has 0 aliphatic carbocycles. The second-order valence-corrected chi connectivity index (χ2v) is 7.81. The zero-order chi connectivity index (χ0) is 22.1. The van der Waals surface area contributed by atoms with E-state index in [1.54, 1.807) is 18.2 Å². The third-order valence-electron chi connectivity index (χ3n) is 5.16. The fourth-order valence-electron chi connectivity index (χ4n) is 3.52. The van der Waals surface area contributed by atoms with Gasteiger partial charge in [0.05, 0.1) is 7.11 Å². The van der Waals surface area contributed by atoms with Crippen LogP contribution in [0.1, 0.15) is 24.0 Å². The summed E-state index contributed by atoms with van der Waals surface area (Å²) in [6, 6.07) is 15.3. The van der Waals surface area contributed by atoms with Crippen molar-refractivity contribution in [2.45, 2.75) is 25.4 Å². The lowest BCUT2D eigenvalue weighted by Crippen LogP contribution is -2.43. The highest BCUT2D eigenvalue weighted by Gasteiger charge is 2.20. The third-order valence-corrected chi connectivity index (χ3v) is 5.41. The van der Waals surface area contributed by atoms with E-state index in [2.05, 4.69) is 22.3 Å². The Morgan fingerprint density at radius 3 is 2.65 bits per heavy atom. The number of benzene rings is 2. The summed E-state index contributed by atoms with van der Waals surface area (Å²) >= 11 is 5.95. The first kappa shape index (κ1) is 22.7. The number of hydrogen-bond donors (Lipinski definition) is 1. The second-order valence-electron chi connectivity index (χ2n) is 7.38. The molecular weight excluding hydrogens is 414 g/mol. The Bertz CT molecular complexity index is 946.